The van der Waals surface area contributed by atoms with Crippen molar-refractivity contribution >= 4 is 47.8 Å². The van der Waals surface area contributed by atoms with Crippen LogP contribution in [0.1, 0.15) is 68.8 Å². The number of anilines is 1. The summed E-state index contributed by atoms with van der Waals surface area (Å²) in [6.45, 7) is 13.3. The van der Waals surface area contributed by atoms with E-state index in [4.69, 9.17) is 16.3 Å². The minimum absolute atomic E-state index is 0.0332. The lowest BCUT2D eigenvalue weighted by Crippen LogP contribution is -2.53. The second-order valence-electron chi connectivity index (χ2n) is 10.5. The van der Waals surface area contributed by atoms with Crippen LogP contribution in [0.15, 0.2) is 36.4 Å². The van der Waals surface area contributed by atoms with Crippen molar-refractivity contribution in [3.8, 4) is 0 Å². The van der Waals surface area contributed by atoms with Crippen LogP contribution in [0.4, 0.5) is 10.5 Å². The fourth-order valence-corrected chi connectivity index (χ4v) is 4.53. The second-order valence-corrected chi connectivity index (χ2v) is 11.2. The molecule has 0 saturated heterocycles. The van der Waals surface area contributed by atoms with Gasteiger partial charge >= 0.3 is 6.09 Å². The molecular formula is C29H40ClN3O4S. The highest BCUT2D eigenvalue weighted by Gasteiger charge is 2.36. The Morgan fingerprint density at radius 1 is 1.08 bits per heavy atom. The molecule has 208 valence electrons. The van der Waals surface area contributed by atoms with Gasteiger partial charge in [0.05, 0.1) is 10.7 Å². The Morgan fingerprint density at radius 2 is 1.76 bits per heavy atom. The molecule has 0 fully saturated rings. The van der Waals surface area contributed by atoms with Gasteiger partial charge in [-0.1, -0.05) is 60.8 Å². The van der Waals surface area contributed by atoms with Crippen LogP contribution in [-0.2, 0) is 14.3 Å². The molecule has 7 nitrogen and oxygen atoms in total. The first-order valence-corrected chi connectivity index (χ1v) is 13.8. The number of carbonyl (C=O) groups is 3. The van der Waals surface area contributed by atoms with E-state index in [1.165, 1.54) is 4.90 Å². The fourth-order valence-electron chi connectivity index (χ4n) is 4.02. The molecule has 2 aromatic carbocycles. The zero-order valence-electron chi connectivity index (χ0n) is 23.4. The molecule has 9 heteroatoms. The van der Waals surface area contributed by atoms with Gasteiger partial charge in [0.1, 0.15) is 17.7 Å². The number of benzene rings is 2. The van der Waals surface area contributed by atoms with Gasteiger partial charge in [0.2, 0.25) is 5.91 Å². The Labute approximate surface area is 237 Å². The maximum absolute atomic E-state index is 14.0. The van der Waals surface area contributed by atoms with Crippen molar-refractivity contribution < 1.29 is 19.1 Å². The van der Waals surface area contributed by atoms with Crippen molar-refractivity contribution in [3.05, 3.63) is 63.7 Å². The van der Waals surface area contributed by atoms with E-state index in [0.717, 1.165) is 23.1 Å². The van der Waals surface area contributed by atoms with Crippen molar-refractivity contribution in [2.45, 2.75) is 79.0 Å². The smallest absolute Gasteiger partial charge is 0.408 e. The minimum atomic E-state index is -0.993. The molecule has 0 aliphatic carbocycles. The number of rotatable bonds is 10. The predicted octanol–water partition coefficient (Wildman–Crippen LogP) is 6.40. The number of aryl methyl sites for hydroxylation is 3. The first-order valence-electron chi connectivity index (χ1n) is 12.8. The summed E-state index contributed by atoms with van der Waals surface area (Å²) < 4.78 is 5.37. The first kappa shape index (κ1) is 31.5. The largest absolute Gasteiger partial charge is 0.444 e. The minimum Gasteiger partial charge on any atom is -0.444 e. The third kappa shape index (κ3) is 8.67. The lowest BCUT2D eigenvalue weighted by atomic mass is 9.95. The summed E-state index contributed by atoms with van der Waals surface area (Å²) in [4.78, 5) is 42.1. The average molecular weight is 562 g/mol. The molecule has 2 aromatic rings. The number of nitrogens with one attached hydrogen (secondary N) is 2. The van der Waals surface area contributed by atoms with Crippen LogP contribution in [0.25, 0.3) is 0 Å². The van der Waals surface area contributed by atoms with Crippen LogP contribution in [-0.4, -0.2) is 46.7 Å². The number of thiol groups is 1. The Balaban J connectivity index is 2.57. The quantitative estimate of drug-likeness (QED) is 0.293. The number of halogens is 1. The van der Waals surface area contributed by atoms with Crippen molar-refractivity contribution in [2.24, 2.45) is 0 Å². The zero-order chi connectivity index (χ0) is 28.6. The van der Waals surface area contributed by atoms with Crippen molar-refractivity contribution in [3.63, 3.8) is 0 Å². The molecule has 2 rings (SSSR count). The molecule has 2 atom stereocenters. The maximum Gasteiger partial charge on any atom is 0.408 e. The van der Waals surface area contributed by atoms with Gasteiger partial charge in [-0.3, -0.25) is 9.59 Å². The fraction of sp³-hybridized carbons (Fsp3) is 0.483. The summed E-state index contributed by atoms with van der Waals surface area (Å²) in [5.41, 5.74) is 3.09. The number of hydrogen-bond donors (Lipinski definition) is 3. The number of unbranched alkanes of at least 4 members (excludes halogenated alkanes) is 1. The summed E-state index contributed by atoms with van der Waals surface area (Å²) in [7, 11) is 0. The highest BCUT2D eigenvalue weighted by Crippen LogP contribution is 2.31. The standard InChI is InChI=1S/C29H40ClN3O4S/c1-8-9-15-33(27(35)23(17-38)31-28(36)37-29(5,6)7)25(21-16-18(2)13-14-19(21)3)26(34)32-24-20(4)11-10-12-22(24)30/h10-14,16,23,25,38H,8-9,15,17H2,1-7H3,(H,31,36)(H,32,34). The van der Waals surface area contributed by atoms with Gasteiger partial charge in [0.15, 0.2) is 0 Å². The normalized spacial score (nSPS) is 12.9. The molecular weight excluding hydrogens is 522 g/mol. The number of amides is 3. The zero-order valence-corrected chi connectivity index (χ0v) is 25.0. The van der Waals surface area contributed by atoms with E-state index in [-0.39, 0.29) is 5.75 Å². The molecule has 0 heterocycles. The van der Waals surface area contributed by atoms with E-state index in [0.29, 0.717) is 29.2 Å². The van der Waals surface area contributed by atoms with Gasteiger partial charge in [-0.05, 0) is 70.7 Å². The van der Waals surface area contributed by atoms with Crippen LogP contribution < -0.4 is 10.6 Å². The first-order chi connectivity index (χ1) is 17.8. The monoisotopic (exact) mass is 561 g/mol. The number of hydrogen-bond acceptors (Lipinski definition) is 5. The molecule has 0 aromatic heterocycles. The van der Waals surface area contributed by atoms with Gasteiger partial charge < -0.3 is 20.3 Å². The van der Waals surface area contributed by atoms with E-state index in [1.54, 1.807) is 26.8 Å². The summed E-state index contributed by atoms with van der Waals surface area (Å²) in [6, 6.07) is 9.23. The molecule has 0 saturated carbocycles. The topological polar surface area (TPSA) is 87.7 Å². The number of alkyl carbamates (subject to hydrolysis) is 1. The molecule has 2 N–H and O–H groups in total. The molecule has 2 unspecified atom stereocenters. The van der Waals surface area contributed by atoms with Crippen molar-refractivity contribution in [2.75, 3.05) is 17.6 Å². The second kappa shape index (κ2) is 13.9. The summed E-state index contributed by atoms with van der Waals surface area (Å²) >= 11 is 10.8. The van der Waals surface area contributed by atoms with E-state index in [9.17, 15) is 14.4 Å². The molecule has 0 radical (unpaired) electrons. The summed E-state index contributed by atoms with van der Waals surface area (Å²) in [6.07, 6.45) is 0.747. The highest BCUT2D eigenvalue weighted by atomic mass is 35.5. The van der Waals surface area contributed by atoms with Crippen LogP contribution in [0.3, 0.4) is 0 Å². The van der Waals surface area contributed by atoms with Crippen LogP contribution >= 0.6 is 24.2 Å². The molecule has 0 aliphatic rings. The van der Waals surface area contributed by atoms with Gasteiger partial charge in [0.25, 0.3) is 5.91 Å². The Kier molecular flexibility index (Phi) is 11.5. The number of ether oxygens (including phenoxy) is 1. The van der Waals surface area contributed by atoms with Gasteiger partial charge in [0, 0.05) is 12.3 Å². The number of para-hydroxylation sites is 1. The average Bonchev–Trinajstić information content (AvgIpc) is 2.82. The number of carbonyl (C=O) groups excluding carboxylic acids is 3. The maximum atomic E-state index is 14.0. The lowest BCUT2D eigenvalue weighted by Gasteiger charge is -2.35. The Morgan fingerprint density at radius 3 is 2.34 bits per heavy atom. The van der Waals surface area contributed by atoms with E-state index >= 15 is 0 Å². The van der Waals surface area contributed by atoms with E-state index < -0.39 is 35.6 Å². The van der Waals surface area contributed by atoms with Crippen LogP contribution in [0.5, 0.6) is 0 Å². The van der Waals surface area contributed by atoms with Crippen LogP contribution in [0.2, 0.25) is 5.02 Å². The molecule has 38 heavy (non-hydrogen) atoms. The van der Waals surface area contributed by atoms with Crippen molar-refractivity contribution in [1.82, 2.24) is 10.2 Å². The SMILES string of the molecule is CCCCN(C(=O)C(CS)NC(=O)OC(C)(C)C)C(C(=O)Nc1c(C)cccc1Cl)c1cc(C)ccc1C. The van der Waals surface area contributed by atoms with Gasteiger partial charge in [-0.2, -0.15) is 12.6 Å². The summed E-state index contributed by atoms with van der Waals surface area (Å²) in [5.74, 6) is -0.781. The highest BCUT2D eigenvalue weighted by molar-refractivity contribution is 7.80. The van der Waals surface area contributed by atoms with Crippen LogP contribution in [0, 0.1) is 20.8 Å². The third-order valence-electron chi connectivity index (χ3n) is 5.97. The molecule has 3 amide bonds. The van der Waals surface area contributed by atoms with E-state index in [2.05, 4.69) is 23.3 Å². The Hall–Kier alpha value is -2.71. The number of nitrogens with zero attached hydrogens (tertiary/aromatic N) is 1. The predicted molar refractivity (Wildman–Crippen MR) is 157 cm³/mol. The lowest BCUT2D eigenvalue weighted by molar-refractivity contribution is -0.140. The van der Waals surface area contributed by atoms with E-state index in [1.807, 2.05) is 58.0 Å². The Bertz CT molecular complexity index is 1130. The van der Waals surface area contributed by atoms with Gasteiger partial charge in [-0.25, -0.2) is 4.79 Å². The molecule has 0 bridgehead atoms. The molecule has 0 aliphatic heterocycles. The third-order valence-corrected chi connectivity index (χ3v) is 6.65. The summed E-state index contributed by atoms with van der Waals surface area (Å²) in [5, 5.41) is 6.01. The van der Waals surface area contributed by atoms with Crippen molar-refractivity contribution in [1.29, 1.82) is 0 Å². The van der Waals surface area contributed by atoms with Gasteiger partial charge in [-0.15, -0.1) is 0 Å². The molecule has 0 spiro atoms.